The van der Waals surface area contributed by atoms with Gasteiger partial charge in [0.05, 0.1) is 5.02 Å². The number of ether oxygens (including phenoxy) is 2. The average Bonchev–Trinajstić information content (AvgIpc) is 2.49. The van der Waals surface area contributed by atoms with E-state index in [1.165, 1.54) is 0 Å². The molecule has 5 nitrogen and oxygen atoms in total. The van der Waals surface area contributed by atoms with Gasteiger partial charge < -0.3 is 19.7 Å². The van der Waals surface area contributed by atoms with Crippen LogP contribution in [0.15, 0.2) is 12.1 Å². The van der Waals surface area contributed by atoms with Crippen molar-refractivity contribution in [2.45, 2.75) is 25.4 Å². The minimum absolute atomic E-state index is 0.218. The Kier molecular flexibility index (Phi) is 4.22. The Morgan fingerprint density at radius 2 is 2.19 bits per heavy atom. The molecule has 1 aromatic carbocycles. The fourth-order valence-corrected chi connectivity index (χ4v) is 3.00. The third-order valence-electron chi connectivity index (χ3n) is 3.88. The second kappa shape index (κ2) is 6.12. The number of halogens is 1. The molecule has 6 heteroatoms. The highest BCUT2D eigenvalue weighted by Crippen LogP contribution is 2.38. The second-order valence-electron chi connectivity index (χ2n) is 5.49. The Morgan fingerprint density at radius 3 is 3.00 bits per heavy atom. The summed E-state index contributed by atoms with van der Waals surface area (Å²) in [4.78, 5) is 13.2. The first-order valence-corrected chi connectivity index (χ1v) is 7.56. The number of carbonyl (C=O) groups excluding carboxylic acids is 1. The number of nitrogens with zero attached hydrogens (tertiary/aromatic N) is 1. The lowest BCUT2D eigenvalue weighted by Crippen LogP contribution is -2.46. The third-order valence-corrected chi connectivity index (χ3v) is 4.16. The highest BCUT2D eigenvalue weighted by molar-refractivity contribution is 6.32. The van der Waals surface area contributed by atoms with Gasteiger partial charge in [0.1, 0.15) is 13.2 Å². The molecule has 2 aliphatic rings. The topological polar surface area (TPSA) is 50.8 Å². The first-order valence-electron chi connectivity index (χ1n) is 7.19. The van der Waals surface area contributed by atoms with E-state index in [1.807, 2.05) is 19.2 Å². The zero-order valence-corrected chi connectivity index (χ0v) is 12.8. The second-order valence-corrected chi connectivity index (χ2v) is 5.90. The number of likely N-dealkylation sites (tertiary alicyclic amines) is 1. The van der Waals surface area contributed by atoms with E-state index in [9.17, 15) is 4.79 Å². The van der Waals surface area contributed by atoms with Crippen LogP contribution in [-0.4, -0.2) is 43.7 Å². The van der Waals surface area contributed by atoms with Crippen LogP contribution < -0.4 is 14.8 Å². The van der Waals surface area contributed by atoms with Crippen molar-refractivity contribution in [3.8, 4) is 11.5 Å². The number of hydrogen-bond acceptors (Lipinski definition) is 4. The molecule has 1 saturated heterocycles. The van der Waals surface area contributed by atoms with Crippen molar-refractivity contribution in [2.75, 3.05) is 26.8 Å². The summed E-state index contributed by atoms with van der Waals surface area (Å²) in [6.45, 7) is 2.53. The fraction of sp³-hybridized carbons (Fsp3) is 0.533. The predicted octanol–water partition coefficient (Wildman–Crippen LogP) is 1.82. The molecule has 1 N–H and O–H groups in total. The summed E-state index contributed by atoms with van der Waals surface area (Å²) in [5, 5.41) is 4.06. The zero-order valence-electron chi connectivity index (χ0n) is 12.0. The van der Waals surface area contributed by atoms with Gasteiger partial charge in [0.2, 0.25) is 5.91 Å². The largest absolute Gasteiger partial charge is 0.486 e. The number of fused-ring (bicyclic) bond motifs is 1. The van der Waals surface area contributed by atoms with Crippen LogP contribution in [0.4, 0.5) is 0 Å². The summed E-state index contributed by atoms with van der Waals surface area (Å²) < 4.78 is 11.1. The lowest BCUT2D eigenvalue weighted by Gasteiger charge is -2.30. The van der Waals surface area contributed by atoms with E-state index >= 15 is 0 Å². The van der Waals surface area contributed by atoms with Crippen molar-refractivity contribution in [3.05, 3.63) is 22.7 Å². The molecule has 0 aromatic heterocycles. The molecule has 1 aromatic rings. The molecule has 0 aliphatic carbocycles. The summed E-state index contributed by atoms with van der Waals surface area (Å²) in [5.74, 6) is 1.56. The average molecular weight is 311 g/mol. The lowest BCUT2D eigenvalue weighted by atomic mass is 10.1. The van der Waals surface area contributed by atoms with Gasteiger partial charge in [-0.15, -0.1) is 0 Å². The molecular weight excluding hydrogens is 292 g/mol. The van der Waals surface area contributed by atoms with E-state index < -0.39 is 0 Å². The first-order chi connectivity index (χ1) is 10.1. The molecular formula is C15H19ClN2O3. The summed E-state index contributed by atoms with van der Waals surface area (Å²) in [6, 6.07) is 4.19. The number of amides is 1. The van der Waals surface area contributed by atoms with Crippen molar-refractivity contribution in [1.82, 2.24) is 10.2 Å². The minimum atomic E-state index is 0.218. The Morgan fingerprint density at radius 1 is 1.38 bits per heavy atom. The number of benzene rings is 1. The Labute approximate surface area is 129 Å². The normalized spacial score (nSPS) is 21.5. The van der Waals surface area contributed by atoms with Gasteiger partial charge in [-0.2, -0.15) is 0 Å². The van der Waals surface area contributed by atoms with E-state index in [2.05, 4.69) is 5.32 Å². The van der Waals surface area contributed by atoms with Gasteiger partial charge >= 0.3 is 0 Å². The standard InChI is InChI=1S/C15H19ClN2O3/c1-18-9-11(2-3-14(18)19)17-8-10-6-12(16)15-13(7-10)20-4-5-21-15/h6-7,11,17H,2-5,8-9H2,1H3. The van der Waals surface area contributed by atoms with Crippen LogP contribution in [0.25, 0.3) is 0 Å². The summed E-state index contributed by atoms with van der Waals surface area (Å²) >= 11 is 6.23. The lowest BCUT2D eigenvalue weighted by molar-refractivity contribution is -0.132. The fourth-order valence-electron chi connectivity index (χ4n) is 2.71. The molecule has 0 radical (unpaired) electrons. The van der Waals surface area contributed by atoms with Crippen molar-refractivity contribution >= 4 is 17.5 Å². The minimum Gasteiger partial charge on any atom is -0.486 e. The van der Waals surface area contributed by atoms with Crippen molar-refractivity contribution in [3.63, 3.8) is 0 Å². The van der Waals surface area contributed by atoms with Crippen LogP contribution in [0, 0.1) is 0 Å². The molecule has 2 heterocycles. The van der Waals surface area contributed by atoms with Crippen LogP contribution in [-0.2, 0) is 11.3 Å². The van der Waals surface area contributed by atoms with Gasteiger partial charge in [-0.25, -0.2) is 0 Å². The Hall–Kier alpha value is -1.46. The number of nitrogens with one attached hydrogen (secondary N) is 1. The number of likely N-dealkylation sites (N-methyl/N-ethyl adjacent to an activating group) is 1. The van der Waals surface area contributed by atoms with E-state index in [-0.39, 0.29) is 5.91 Å². The number of carbonyl (C=O) groups is 1. The van der Waals surface area contributed by atoms with Crippen LogP contribution >= 0.6 is 11.6 Å². The van der Waals surface area contributed by atoms with Crippen LogP contribution in [0.1, 0.15) is 18.4 Å². The van der Waals surface area contributed by atoms with Gasteiger partial charge in [-0.05, 0) is 24.1 Å². The molecule has 0 bridgehead atoms. The van der Waals surface area contributed by atoms with Gasteiger partial charge in [0.25, 0.3) is 0 Å². The van der Waals surface area contributed by atoms with Gasteiger partial charge in [0, 0.05) is 32.6 Å². The molecule has 1 atom stereocenters. The first kappa shape index (κ1) is 14.5. The highest BCUT2D eigenvalue weighted by atomic mass is 35.5. The Balaban J connectivity index is 1.63. The quantitative estimate of drug-likeness (QED) is 0.925. The van der Waals surface area contributed by atoms with Crippen LogP contribution in [0.3, 0.4) is 0 Å². The highest BCUT2D eigenvalue weighted by Gasteiger charge is 2.22. The molecule has 3 rings (SSSR count). The van der Waals surface area contributed by atoms with Gasteiger partial charge in [0.15, 0.2) is 11.5 Å². The predicted molar refractivity (Wildman–Crippen MR) is 79.9 cm³/mol. The van der Waals surface area contributed by atoms with E-state index in [4.69, 9.17) is 21.1 Å². The molecule has 2 aliphatic heterocycles. The van der Waals surface area contributed by atoms with Gasteiger partial charge in [-0.1, -0.05) is 11.6 Å². The number of rotatable bonds is 3. The molecule has 21 heavy (non-hydrogen) atoms. The number of hydrogen-bond donors (Lipinski definition) is 1. The molecule has 1 amide bonds. The van der Waals surface area contributed by atoms with Crippen molar-refractivity contribution < 1.29 is 14.3 Å². The summed E-state index contributed by atoms with van der Waals surface area (Å²) in [7, 11) is 1.84. The van der Waals surface area contributed by atoms with E-state index in [0.717, 1.165) is 18.5 Å². The summed E-state index contributed by atoms with van der Waals surface area (Å²) in [6.07, 6.45) is 1.48. The van der Waals surface area contributed by atoms with Crippen LogP contribution in [0.5, 0.6) is 11.5 Å². The maximum absolute atomic E-state index is 11.5. The molecule has 1 unspecified atom stereocenters. The molecule has 0 spiro atoms. The smallest absolute Gasteiger partial charge is 0.222 e. The van der Waals surface area contributed by atoms with E-state index in [0.29, 0.717) is 48.7 Å². The molecule has 114 valence electrons. The van der Waals surface area contributed by atoms with Crippen molar-refractivity contribution in [2.24, 2.45) is 0 Å². The maximum Gasteiger partial charge on any atom is 0.222 e. The SMILES string of the molecule is CN1CC(NCc2cc(Cl)c3c(c2)OCCO3)CCC1=O. The maximum atomic E-state index is 11.5. The zero-order chi connectivity index (χ0) is 14.8. The molecule has 1 fully saturated rings. The summed E-state index contributed by atoms with van der Waals surface area (Å²) in [5.41, 5.74) is 1.06. The Bertz CT molecular complexity index is 550. The number of piperidine rings is 1. The van der Waals surface area contributed by atoms with Crippen molar-refractivity contribution in [1.29, 1.82) is 0 Å². The van der Waals surface area contributed by atoms with Crippen LogP contribution in [0.2, 0.25) is 5.02 Å². The monoisotopic (exact) mass is 310 g/mol. The van der Waals surface area contributed by atoms with E-state index in [1.54, 1.807) is 4.90 Å². The molecule has 0 saturated carbocycles. The third kappa shape index (κ3) is 3.24. The van der Waals surface area contributed by atoms with Gasteiger partial charge in [-0.3, -0.25) is 4.79 Å².